The van der Waals surface area contributed by atoms with Crippen LogP contribution in [0.5, 0.6) is 0 Å². The SMILES string of the molecule is CCCCCC(CCOC)CCOC. The van der Waals surface area contributed by atoms with Crippen molar-refractivity contribution in [1.82, 2.24) is 0 Å². The molecule has 0 rings (SSSR count). The van der Waals surface area contributed by atoms with Gasteiger partial charge in [-0.05, 0) is 18.8 Å². The third-order valence-electron chi connectivity index (χ3n) is 2.68. The first-order valence-electron chi connectivity index (χ1n) is 5.83. The highest BCUT2D eigenvalue weighted by Gasteiger charge is 2.07. The second kappa shape index (κ2) is 11.0. The summed E-state index contributed by atoms with van der Waals surface area (Å²) in [7, 11) is 3.55. The van der Waals surface area contributed by atoms with Crippen LogP contribution in [0.3, 0.4) is 0 Å². The summed E-state index contributed by atoms with van der Waals surface area (Å²) in [6.07, 6.45) is 7.72. The highest BCUT2D eigenvalue weighted by Crippen LogP contribution is 2.17. The molecule has 0 aromatic heterocycles. The Hall–Kier alpha value is -0.0800. The van der Waals surface area contributed by atoms with Gasteiger partial charge in [-0.25, -0.2) is 0 Å². The molecule has 0 spiro atoms. The molecule has 0 N–H and O–H groups in total. The van der Waals surface area contributed by atoms with E-state index in [4.69, 9.17) is 9.47 Å². The first-order chi connectivity index (χ1) is 6.85. The highest BCUT2D eigenvalue weighted by molar-refractivity contribution is 4.59. The number of hydrogen-bond donors (Lipinski definition) is 0. The van der Waals surface area contributed by atoms with Gasteiger partial charge in [0.15, 0.2) is 0 Å². The summed E-state index contributed by atoms with van der Waals surface area (Å²) in [6, 6.07) is 0. The van der Waals surface area contributed by atoms with Gasteiger partial charge in [-0.1, -0.05) is 32.6 Å². The molecule has 0 saturated carbocycles. The predicted octanol–water partition coefficient (Wildman–Crippen LogP) is 3.26. The van der Waals surface area contributed by atoms with E-state index in [1.807, 2.05) is 0 Å². The molecule has 0 aromatic rings. The van der Waals surface area contributed by atoms with Crippen molar-refractivity contribution < 1.29 is 9.47 Å². The Morgan fingerprint density at radius 3 is 1.86 bits per heavy atom. The molecule has 0 aliphatic carbocycles. The first kappa shape index (κ1) is 13.9. The zero-order valence-corrected chi connectivity index (χ0v) is 10.1. The fourth-order valence-electron chi connectivity index (χ4n) is 1.69. The van der Waals surface area contributed by atoms with Crippen molar-refractivity contribution >= 4 is 0 Å². The van der Waals surface area contributed by atoms with E-state index in [-0.39, 0.29) is 0 Å². The normalized spacial score (nSPS) is 11.1. The molecule has 14 heavy (non-hydrogen) atoms. The molecule has 0 heterocycles. The van der Waals surface area contributed by atoms with Crippen LogP contribution in [0.4, 0.5) is 0 Å². The quantitative estimate of drug-likeness (QED) is 0.506. The second-order valence-electron chi connectivity index (χ2n) is 3.92. The largest absolute Gasteiger partial charge is 0.385 e. The monoisotopic (exact) mass is 202 g/mol. The van der Waals surface area contributed by atoms with E-state index in [9.17, 15) is 0 Å². The van der Waals surface area contributed by atoms with E-state index < -0.39 is 0 Å². The summed E-state index contributed by atoms with van der Waals surface area (Å²) in [4.78, 5) is 0. The molecule has 86 valence electrons. The molecule has 0 radical (unpaired) electrons. The highest BCUT2D eigenvalue weighted by atomic mass is 16.5. The Morgan fingerprint density at radius 2 is 1.43 bits per heavy atom. The van der Waals surface area contributed by atoms with Gasteiger partial charge in [0.25, 0.3) is 0 Å². The maximum Gasteiger partial charge on any atom is 0.0464 e. The minimum absolute atomic E-state index is 0.793. The third-order valence-corrected chi connectivity index (χ3v) is 2.68. The molecule has 0 fully saturated rings. The van der Waals surface area contributed by atoms with Gasteiger partial charge in [0.05, 0.1) is 0 Å². The van der Waals surface area contributed by atoms with Crippen molar-refractivity contribution in [3.05, 3.63) is 0 Å². The van der Waals surface area contributed by atoms with E-state index in [1.54, 1.807) is 14.2 Å². The van der Waals surface area contributed by atoms with Crippen LogP contribution in [0.25, 0.3) is 0 Å². The number of rotatable bonds is 10. The minimum Gasteiger partial charge on any atom is -0.385 e. The summed E-state index contributed by atoms with van der Waals surface area (Å²) in [6.45, 7) is 4.03. The van der Waals surface area contributed by atoms with Gasteiger partial charge < -0.3 is 9.47 Å². The summed E-state index contributed by atoms with van der Waals surface area (Å²) >= 11 is 0. The predicted molar refractivity (Wildman–Crippen MR) is 60.6 cm³/mol. The molecule has 0 unspecified atom stereocenters. The molecule has 0 aliphatic heterocycles. The lowest BCUT2D eigenvalue weighted by molar-refractivity contribution is 0.143. The molecule has 0 aromatic carbocycles. The molecule has 0 aliphatic rings. The molecular weight excluding hydrogens is 176 g/mol. The van der Waals surface area contributed by atoms with Crippen molar-refractivity contribution in [1.29, 1.82) is 0 Å². The van der Waals surface area contributed by atoms with E-state index >= 15 is 0 Å². The van der Waals surface area contributed by atoms with Crippen LogP contribution in [-0.2, 0) is 9.47 Å². The molecule has 0 bridgehead atoms. The van der Waals surface area contributed by atoms with E-state index in [0.29, 0.717) is 0 Å². The van der Waals surface area contributed by atoms with Crippen LogP contribution < -0.4 is 0 Å². The van der Waals surface area contributed by atoms with Crippen LogP contribution in [0.2, 0.25) is 0 Å². The molecule has 2 nitrogen and oxygen atoms in total. The lowest BCUT2D eigenvalue weighted by atomic mass is 9.95. The first-order valence-corrected chi connectivity index (χ1v) is 5.83. The molecule has 0 amide bonds. The van der Waals surface area contributed by atoms with Crippen LogP contribution >= 0.6 is 0 Å². The van der Waals surface area contributed by atoms with Crippen molar-refractivity contribution in [2.75, 3.05) is 27.4 Å². The summed E-state index contributed by atoms with van der Waals surface area (Å²) in [5.74, 6) is 0.793. The van der Waals surface area contributed by atoms with Gasteiger partial charge >= 0.3 is 0 Å². The van der Waals surface area contributed by atoms with Crippen molar-refractivity contribution in [3.8, 4) is 0 Å². The van der Waals surface area contributed by atoms with Crippen LogP contribution in [0.15, 0.2) is 0 Å². The van der Waals surface area contributed by atoms with Gasteiger partial charge in [0, 0.05) is 27.4 Å². The average molecular weight is 202 g/mol. The smallest absolute Gasteiger partial charge is 0.0464 e. The fourth-order valence-corrected chi connectivity index (χ4v) is 1.69. The Kier molecular flexibility index (Phi) is 10.9. The minimum atomic E-state index is 0.793. The van der Waals surface area contributed by atoms with Gasteiger partial charge in [0.2, 0.25) is 0 Å². The van der Waals surface area contributed by atoms with Gasteiger partial charge in [0.1, 0.15) is 0 Å². The molecular formula is C12H26O2. The molecule has 2 heteroatoms. The number of hydrogen-bond acceptors (Lipinski definition) is 2. The average Bonchev–Trinajstić information content (AvgIpc) is 2.21. The molecule has 0 atom stereocenters. The topological polar surface area (TPSA) is 18.5 Å². The van der Waals surface area contributed by atoms with Crippen LogP contribution in [0, 0.1) is 5.92 Å². The van der Waals surface area contributed by atoms with Crippen molar-refractivity contribution in [3.63, 3.8) is 0 Å². The maximum absolute atomic E-state index is 5.12. The fraction of sp³-hybridized carbons (Fsp3) is 1.00. The third kappa shape index (κ3) is 8.52. The van der Waals surface area contributed by atoms with E-state index in [0.717, 1.165) is 19.1 Å². The second-order valence-corrected chi connectivity index (χ2v) is 3.92. The zero-order valence-electron chi connectivity index (χ0n) is 10.1. The number of unbranched alkanes of at least 4 members (excludes halogenated alkanes) is 2. The Morgan fingerprint density at radius 1 is 0.857 bits per heavy atom. The van der Waals surface area contributed by atoms with Gasteiger partial charge in [-0.15, -0.1) is 0 Å². The lowest BCUT2D eigenvalue weighted by Crippen LogP contribution is -2.07. The Labute approximate surface area is 89.0 Å². The van der Waals surface area contributed by atoms with Crippen LogP contribution in [-0.4, -0.2) is 27.4 Å². The van der Waals surface area contributed by atoms with Crippen molar-refractivity contribution in [2.24, 2.45) is 5.92 Å². The van der Waals surface area contributed by atoms with Gasteiger partial charge in [-0.3, -0.25) is 0 Å². The lowest BCUT2D eigenvalue weighted by Gasteiger charge is -2.15. The van der Waals surface area contributed by atoms with E-state index in [1.165, 1.54) is 38.5 Å². The van der Waals surface area contributed by atoms with Crippen LogP contribution in [0.1, 0.15) is 45.4 Å². The Bertz CT molecular complexity index is 96.5. The number of ether oxygens (including phenoxy) is 2. The maximum atomic E-state index is 5.12. The standard InChI is InChI=1S/C12H26O2/c1-4-5-6-7-12(8-10-13-2)9-11-14-3/h12H,4-11H2,1-3H3. The summed E-state index contributed by atoms with van der Waals surface area (Å²) in [5.41, 5.74) is 0. The summed E-state index contributed by atoms with van der Waals surface area (Å²) in [5, 5.41) is 0. The zero-order chi connectivity index (χ0) is 10.6. The number of methoxy groups -OCH3 is 2. The van der Waals surface area contributed by atoms with Gasteiger partial charge in [-0.2, -0.15) is 0 Å². The van der Waals surface area contributed by atoms with E-state index in [2.05, 4.69) is 6.92 Å². The van der Waals surface area contributed by atoms with Crippen molar-refractivity contribution in [2.45, 2.75) is 45.4 Å². The molecule has 0 saturated heterocycles. The summed E-state index contributed by atoms with van der Waals surface area (Å²) < 4.78 is 10.2. The Balaban J connectivity index is 3.49.